The third-order valence-electron chi connectivity index (χ3n) is 2.34. The summed E-state index contributed by atoms with van der Waals surface area (Å²) in [6, 6.07) is -0.625. The minimum Gasteiger partial charge on any atom is -0.480 e. The van der Waals surface area contributed by atoms with Crippen LogP contribution in [0.3, 0.4) is 0 Å². The summed E-state index contributed by atoms with van der Waals surface area (Å²) in [7, 11) is 0. The molecule has 0 aromatic carbocycles. The molecule has 0 aliphatic rings. The summed E-state index contributed by atoms with van der Waals surface area (Å²) in [6.07, 6.45) is 2.68. The Morgan fingerprint density at radius 1 is 1.20 bits per heavy atom. The van der Waals surface area contributed by atoms with Crippen molar-refractivity contribution in [3.05, 3.63) is 0 Å². The van der Waals surface area contributed by atoms with Crippen LogP contribution in [0.1, 0.15) is 26.2 Å². The van der Waals surface area contributed by atoms with Gasteiger partial charge in [-0.1, -0.05) is 13.3 Å². The lowest BCUT2D eigenvalue weighted by atomic mass is 10.4. The van der Waals surface area contributed by atoms with Crippen molar-refractivity contribution in [2.75, 3.05) is 32.8 Å². The normalized spacial score (nSPS) is 10.1. The Balaban J connectivity index is 3.89. The van der Waals surface area contributed by atoms with Gasteiger partial charge in [-0.3, -0.25) is 9.59 Å². The van der Waals surface area contributed by atoms with E-state index >= 15 is 0 Å². The molecule has 0 aromatic heterocycles. The first-order valence-electron chi connectivity index (χ1n) is 6.58. The lowest BCUT2D eigenvalue weighted by Gasteiger charge is -2.19. The standard InChI is InChI=1S/C12H23N3O5/c1-2-3-6-20-7-4-5-14-12(19)15(8-10(13)16)9-11(17)18/h2-9H2,1H3,(H2,13,16)(H,14,19)(H,17,18). The average Bonchev–Trinajstić information content (AvgIpc) is 2.35. The van der Waals surface area contributed by atoms with Gasteiger partial charge in [-0.05, 0) is 12.8 Å². The van der Waals surface area contributed by atoms with Crippen LogP contribution in [0, 0.1) is 0 Å². The molecule has 20 heavy (non-hydrogen) atoms. The number of urea groups is 1. The van der Waals surface area contributed by atoms with E-state index in [1.54, 1.807) is 0 Å². The highest BCUT2D eigenvalue weighted by atomic mass is 16.5. The second-order valence-corrected chi connectivity index (χ2v) is 4.27. The van der Waals surface area contributed by atoms with Gasteiger partial charge in [0.2, 0.25) is 5.91 Å². The summed E-state index contributed by atoms with van der Waals surface area (Å²) in [5.41, 5.74) is 4.96. The van der Waals surface area contributed by atoms with Crippen molar-refractivity contribution in [3.8, 4) is 0 Å². The van der Waals surface area contributed by atoms with E-state index in [-0.39, 0.29) is 0 Å². The number of carboxylic acids is 1. The van der Waals surface area contributed by atoms with Gasteiger partial charge in [0.05, 0.1) is 0 Å². The van der Waals surface area contributed by atoms with Crippen LogP contribution < -0.4 is 11.1 Å². The molecular formula is C12H23N3O5. The molecule has 3 amide bonds. The molecule has 0 saturated heterocycles. The number of nitrogens with zero attached hydrogens (tertiary/aromatic N) is 1. The number of nitrogens with two attached hydrogens (primary N) is 1. The molecule has 0 atom stereocenters. The average molecular weight is 289 g/mol. The number of hydrogen-bond acceptors (Lipinski definition) is 4. The van der Waals surface area contributed by atoms with E-state index in [0.29, 0.717) is 26.2 Å². The summed E-state index contributed by atoms with van der Waals surface area (Å²) < 4.78 is 5.31. The Morgan fingerprint density at radius 3 is 2.40 bits per heavy atom. The van der Waals surface area contributed by atoms with Crippen LogP contribution in [0.15, 0.2) is 0 Å². The summed E-state index contributed by atoms with van der Waals surface area (Å²) in [6.45, 7) is 2.64. The van der Waals surface area contributed by atoms with Gasteiger partial charge >= 0.3 is 12.0 Å². The zero-order chi connectivity index (χ0) is 15.4. The van der Waals surface area contributed by atoms with Crippen molar-refractivity contribution in [2.24, 2.45) is 5.73 Å². The lowest BCUT2D eigenvalue weighted by molar-refractivity contribution is -0.137. The van der Waals surface area contributed by atoms with E-state index in [1.165, 1.54) is 0 Å². The Hall–Kier alpha value is -1.83. The van der Waals surface area contributed by atoms with E-state index in [4.69, 9.17) is 15.6 Å². The fourth-order valence-electron chi connectivity index (χ4n) is 1.38. The van der Waals surface area contributed by atoms with Crippen LogP contribution in [0.25, 0.3) is 0 Å². The van der Waals surface area contributed by atoms with Gasteiger partial charge in [0.15, 0.2) is 0 Å². The number of carbonyl (C=O) groups is 3. The highest BCUT2D eigenvalue weighted by Crippen LogP contribution is 1.92. The first-order valence-corrected chi connectivity index (χ1v) is 6.58. The SMILES string of the molecule is CCCCOCCCNC(=O)N(CC(N)=O)CC(=O)O. The van der Waals surface area contributed by atoms with Gasteiger partial charge < -0.3 is 25.8 Å². The van der Waals surface area contributed by atoms with Crippen LogP contribution in [0.5, 0.6) is 0 Å². The maximum atomic E-state index is 11.7. The predicted molar refractivity (Wildman–Crippen MR) is 72.1 cm³/mol. The van der Waals surface area contributed by atoms with Crippen LogP contribution >= 0.6 is 0 Å². The fraction of sp³-hybridized carbons (Fsp3) is 0.750. The zero-order valence-corrected chi connectivity index (χ0v) is 11.8. The topological polar surface area (TPSA) is 122 Å². The first kappa shape index (κ1) is 18.2. The molecule has 0 radical (unpaired) electrons. The van der Waals surface area contributed by atoms with E-state index in [9.17, 15) is 14.4 Å². The summed E-state index contributed by atoms with van der Waals surface area (Å²) in [4.78, 5) is 33.8. The molecule has 0 unspecified atom stereocenters. The molecule has 0 aliphatic carbocycles. The highest BCUT2D eigenvalue weighted by Gasteiger charge is 2.18. The second-order valence-electron chi connectivity index (χ2n) is 4.27. The van der Waals surface area contributed by atoms with Gasteiger partial charge in [0.1, 0.15) is 13.1 Å². The number of carboxylic acid groups (broad SMARTS) is 1. The zero-order valence-electron chi connectivity index (χ0n) is 11.8. The largest absolute Gasteiger partial charge is 0.480 e. The van der Waals surface area contributed by atoms with Crippen molar-refractivity contribution in [2.45, 2.75) is 26.2 Å². The third-order valence-corrected chi connectivity index (χ3v) is 2.34. The summed E-state index contributed by atoms with van der Waals surface area (Å²) in [5.74, 6) is -1.96. The Labute approximate surface area is 118 Å². The van der Waals surface area contributed by atoms with Crippen molar-refractivity contribution >= 4 is 17.9 Å². The maximum absolute atomic E-state index is 11.7. The molecule has 0 rings (SSSR count). The molecule has 0 aromatic rings. The number of unbranched alkanes of at least 4 members (excludes halogenated alkanes) is 1. The monoisotopic (exact) mass is 289 g/mol. The lowest BCUT2D eigenvalue weighted by Crippen LogP contribution is -2.46. The van der Waals surface area contributed by atoms with Crippen molar-refractivity contribution in [1.82, 2.24) is 10.2 Å². The summed E-state index contributed by atoms with van der Waals surface area (Å²) >= 11 is 0. The minimum atomic E-state index is -1.20. The smallest absolute Gasteiger partial charge is 0.323 e. The molecule has 0 bridgehead atoms. The molecule has 116 valence electrons. The van der Waals surface area contributed by atoms with Crippen molar-refractivity contribution < 1.29 is 24.2 Å². The number of rotatable bonds is 11. The van der Waals surface area contributed by atoms with Crippen LogP contribution in [0.4, 0.5) is 4.79 Å². The van der Waals surface area contributed by atoms with Crippen molar-refractivity contribution in [3.63, 3.8) is 0 Å². The number of nitrogens with one attached hydrogen (secondary N) is 1. The van der Waals surface area contributed by atoms with Crippen LogP contribution in [0.2, 0.25) is 0 Å². The number of carbonyl (C=O) groups excluding carboxylic acids is 2. The molecule has 0 spiro atoms. The van der Waals surface area contributed by atoms with Crippen molar-refractivity contribution in [1.29, 1.82) is 0 Å². The van der Waals surface area contributed by atoms with Gasteiger partial charge in [0, 0.05) is 19.8 Å². The Morgan fingerprint density at radius 2 is 1.85 bits per heavy atom. The number of aliphatic carboxylic acids is 1. The van der Waals surface area contributed by atoms with E-state index < -0.39 is 31.0 Å². The van der Waals surface area contributed by atoms with Crippen LogP contribution in [-0.2, 0) is 14.3 Å². The molecule has 8 nitrogen and oxygen atoms in total. The molecule has 0 fully saturated rings. The molecule has 8 heteroatoms. The molecule has 4 N–H and O–H groups in total. The third kappa shape index (κ3) is 10.1. The van der Waals surface area contributed by atoms with E-state index in [2.05, 4.69) is 12.2 Å². The van der Waals surface area contributed by atoms with Gasteiger partial charge in [-0.2, -0.15) is 0 Å². The molecule has 0 saturated carbocycles. The number of amides is 3. The number of ether oxygens (including phenoxy) is 1. The second kappa shape index (κ2) is 11.0. The van der Waals surface area contributed by atoms with E-state index in [0.717, 1.165) is 17.7 Å². The molecule has 0 heterocycles. The van der Waals surface area contributed by atoms with Gasteiger partial charge in [-0.25, -0.2) is 4.79 Å². The fourth-order valence-corrected chi connectivity index (χ4v) is 1.38. The molecular weight excluding hydrogens is 266 g/mol. The van der Waals surface area contributed by atoms with Gasteiger partial charge in [0.25, 0.3) is 0 Å². The van der Waals surface area contributed by atoms with Gasteiger partial charge in [-0.15, -0.1) is 0 Å². The van der Waals surface area contributed by atoms with E-state index in [1.807, 2.05) is 0 Å². The predicted octanol–water partition coefficient (Wildman–Crippen LogP) is -0.225. The Bertz CT molecular complexity index is 306. The van der Waals surface area contributed by atoms with Crippen LogP contribution in [-0.4, -0.2) is 60.8 Å². The minimum absolute atomic E-state index is 0.347. The first-order chi connectivity index (χ1) is 9.47. The quantitative estimate of drug-likeness (QED) is 0.454. The maximum Gasteiger partial charge on any atom is 0.323 e. The molecule has 0 aliphatic heterocycles. The summed E-state index contributed by atoms with van der Waals surface area (Å²) in [5, 5.41) is 11.2. The number of primary amides is 1. The number of hydrogen-bond donors (Lipinski definition) is 3. The highest BCUT2D eigenvalue weighted by molar-refractivity contribution is 5.85. The Kier molecular flexibility index (Phi) is 10.0.